The van der Waals surface area contributed by atoms with E-state index in [1.807, 2.05) is 66.1 Å². The summed E-state index contributed by atoms with van der Waals surface area (Å²) in [5.74, 6) is -1.14. The molecule has 0 amide bonds. The van der Waals surface area contributed by atoms with Crippen molar-refractivity contribution < 1.29 is 23.6 Å². The lowest BCUT2D eigenvalue weighted by Crippen LogP contribution is -2.11. The van der Waals surface area contributed by atoms with Gasteiger partial charge in [-0.25, -0.2) is 9.18 Å². The lowest BCUT2D eigenvalue weighted by atomic mass is 9.98. The van der Waals surface area contributed by atoms with Gasteiger partial charge in [0.15, 0.2) is 5.78 Å². The lowest BCUT2D eigenvalue weighted by Gasteiger charge is -2.12. The Bertz CT molecular complexity index is 1900. The first-order valence-corrected chi connectivity index (χ1v) is 15.0. The third-order valence-corrected chi connectivity index (χ3v) is 8.48. The molecule has 0 saturated heterocycles. The second-order valence-corrected chi connectivity index (χ2v) is 11.5. The van der Waals surface area contributed by atoms with Gasteiger partial charge in [0.1, 0.15) is 23.9 Å². The Balaban J connectivity index is 1.37. The van der Waals surface area contributed by atoms with Crippen LogP contribution in [0.25, 0.3) is 21.8 Å². The van der Waals surface area contributed by atoms with Crippen molar-refractivity contribution in [3.63, 3.8) is 0 Å². The summed E-state index contributed by atoms with van der Waals surface area (Å²) in [6, 6.07) is 25.3. The molecule has 2 heterocycles. The fourth-order valence-corrected chi connectivity index (χ4v) is 6.18. The third kappa shape index (κ3) is 5.83. The van der Waals surface area contributed by atoms with Gasteiger partial charge in [0, 0.05) is 63.3 Å². The summed E-state index contributed by atoms with van der Waals surface area (Å²) in [5.41, 5.74) is 4.35. The summed E-state index contributed by atoms with van der Waals surface area (Å²) >= 11 is 1.70. The van der Waals surface area contributed by atoms with Crippen LogP contribution in [0.5, 0.6) is 5.75 Å². The van der Waals surface area contributed by atoms with E-state index in [0.717, 1.165) is 39.4 Å². The molecule has 6 rings (SSSR count). The highest BCUT2D eigenvalue weighted by Crippen LogP contribution is 2.33. The summed E-state index contributed by atoms with van der Waals surface area (Å²) < 4.78 is 23.1. The quantitative estimate of drug-likeness (QED) is 0.0753. The standard InChI is InChI=1S/C35H29FN2O4S/c1-3-38-32-15-11-24(34(37-42-22(2)39)23-8-5-4-6-9-23)18-29(32)30-19-25(12-16-33(30)38)35(40)28-14-13-26(20-31(28)36)41-21-27-10-7-17-43-27/h4-9,11-20,27H,3,10,21H2,1-2H3/b37-34+. The molecule has 1 atom stereocenters. The van der Waals surface area contributed by atoms with E-state index in [-0.39, 0.29) is 5.56 Å². The predicted octanol–water partition coefficient (Wildman–Crippen LogP) is 7.90. The minimum atomic E-state index is -0.618. The molecule has 43 heavy (non-hydrogen) atoms. The first-order valence-electron chi connectivity index (χ1n) is 14.1. The maximum atomic E-state index is 15.2. The number of thioether (sulfide) groups is 1. The van der Waals surface area contributed by atoms with Crippen LogP contribution in [0.2, 0.25) is 0 Å². The van der Waals surface area contributed by atoms with Crippen LogP contribution in [0.1, 0.15) is 47.3 Å². The Kier molecular flexibility index (Phi) is 8.11. The van der Waals surface area contributed by atoms with Gasteiger partial charge in [0.2, 0.25) is 0 Å². The van der Waals surface area contributed by atoms with Crippen LogP contribution in [0.3, 0.4) is 0 Å². The Labute approximate surface area is 252 Å². The van der Waals surface area contributed by atoms with Gasteiger partial charge in [-0.15, -0.1) is 11.8 Å². The number of oxime groups is 1. The SMILES string of the molecule is CCn1c2ccc(C(=O)c3ccc(OCC4CC=CS4)cc3F)cc2c2cc(/C(=N/OC(C)=O)c3ccccc3)ccc21. The Morgan fingerprint density at radius 2 is 1.65 bits per heavy atom. The maximum absolute atomic E-state index is 15.2. The molecule has 216 valence electrons. The second-order valence-electron chi connectivity index (χ2n) is 10.2. The van der Waals surface area contributed by atoms with Crippen LogP contribution in [-0.2, 0) is 16.2 Å². The number of rotatable bonds is 9. The Morgan fingerprint density at radius 3 is 2.30 bits per heavy atom. The van der Waals surface area contributed by atoms with Gasteiger partial charge in [-0.2, -0.15) is 0 Å². The van der Waals surface area contributed by atoms with Crippen molar-refractivity contribution in [2.24, 2.45) is 5.16 Å². The highest BCUT2D eigenvalue weighted by atomic mass is 32.2. The molecule has 6 nitrogen and oxygen atoms in total. The van der Waals surface area contributed by atoms with E-state index in [4.69, 9.17) is 9.57 Å². The molecule has 1 aliphatic rings. The maximum Gasteiger partial charge on any atom is 0.332 e. The minimum Gasteiger partial charge on any atom is -0.492 e. The van der Waals surface area contributed by atoms with E-state index in [1.54, 1.807) is 23.9 Å². The first-order chi connectivity index (χ1) is 20.9. The van der Waals surface area contributed by atoms with Gasteiger partial charge in [0.05, 0.1) is 5.56 Å². The van der Waals surface area contributed by atoms with Gasteiger partial charge >= 0.3 is 5.97 Å². The summed E-state index contributed by atoms with van der Waals surface area (Å²) in [7, 11) is 0. The molecule has 0 saturated carbocycles. The smallest absolute Gasteiger partial charge is 0.332 e. The van der Waals surface area contributed by atoms with Crippen molar-refractivity contribution in [3.8, 4) is 5.75 Å². The normalized spacial score (nSPS) is 14.9. The Morgan fingerprint density at radius 1 is 0.930 bits per heavy atom. The van der Waals surface area contributed by atoms with Crippen molar-refractivity contribution in [1.82, 2.24) is 4.57 Å². The number of hydrogen-bond acceptors (Lipinski definition) is 6. The number of aryl methyl sites for hydroxylation is 1. The van der Waals surface area contributed by atoms with E-state index < -0.39 is 17.6 Å². The van der Waals surface area contributed by atoms with Crippen molar-refractivity contribution >= 4 is 51.0 Å². The van der Waals surface area contributed by atoms with E-state index in [9.17, 15) is 9.59 Å². The topological polar surface area (TPSA) is 69.9 Å². The number of ketones is 1. The number of ether oxygens (including phenoxy) is 1. The molecular formula is C35H29FN2O4S. The van der Waals surface area contributed by atoms with Crippen LogP contribution in [-0.4, -0.2) is 33.9 Å². The molecule has 0 radical (unpaired) electrons. The molecule has 0 spiro atoms. The molecule has 1 unspecified atom stereocenters. The number of nitrogens with zero attached hydrogens (tertiary/aromatic N) is 2. The molecule has 0 aliphatic carbocycles. The highest BCUT2D eigenvalue weighted by molar-refractivity contribution is 8.03. The fourth-order valence-electron chi connectivity index (χ4n) is 5.36. The van der Waals surface area contributed by atoms with Crippen molar-refractivity contribution in [2.45, 2.75) is 32.1 Å². The van der Waals surface area contributed by atoms with Crippen LogP contribution in [0.15, 0.2) is 102 Å². The average molecular weight is 593 g/mol. The number of hydrogen-bond donors (Lipinski definition) is 0. The van der Waals surface area contributed by atoms with Gasteiger partial charge in [-0.1, -0.05) is 47.6 Å². The number of benzene rings is 4. The largest absolute Gasteiger partial charge is 0.492 e. The fraction of sp³-hybridized carbons (Fsp3) is 0.171. The Hall–Kier alpha value is -4.69. The van der Waals surface area contributed by atoms with E-state index in [0.29, 0.717) is 35.4 Å². The first kappa shape index (κ1) is 28.4. The van der Waals surface area contributed by atoms with Gasteiger partial charge in [-0.3, -0.25) is 4.79 Å². The second kappa shape index (κ2) is 12.3. The van der Waals surface area contributed by atoms with Gasteiger partial charge in [-0.05, 0) is 61.2 Å². The van der Waals surface area contributed by atoms with E-state index in [2.05, 4.69) is 22.7 Å². The van der Waals surface area contributed by atoms with Crippen LogP contribution in [0, 0.1) is 5.82 Å². The summed E-state index contributed by atoms with van der Waals surface area (Å²) in [6.45, 7) is 4.55. The van der Waals surface area contributed by atoms with E-state index in [1.165, 1.54) is 19.1 Å². The minimum absolute atomic E-state index is 0.0107. The molecule has 0 fully saturated rings. The molecule has 4 aromatic carbocycles. The van der Waals surface area contributed by atoms with Gasteiger partial charge in [0.25, 0.3) is 0 Å². The highest BCUT2D eigenvalue weighted by Gasteiger charge is 2.20. The van der Waals surface area contributed by atoms with Crippen molar-refractivity contribution in [1.29, 1.82) is 0 Å². The van der Waals surface area contributed by atoms with E-state index >= 15 is 4.39 Å². The zero-order valence-electron chi connectivity index (χ0n) is 23.7. The number of fused-ring (bicyclic) bond motifs is 3. The zero-order chi connectivity index (χ0) is 29.9. The molecule has 0 N–H and O–H groups in total. The number of allylic oxidation sites excluding steroid dienone is 1. The molecule has 8 heteroatoms. The number of carbonyl (C=O) groups excluding carboxylic acids is 2. The monoisotopic (exact) mass is 592 g/mol. The molecule has 0 bridgehead atoms. The van der Waals surface area contributed by atoms with Crippen molar-refractivity contribution in [2.75, 3.05) is 6.61 Å². The molecule has 5 aromatic rings. The summed E-state index contributed by atoms with van der Waals surface area (Å²) in [5, 5.41) is 8.29. The molecular weight excluding hydrogens is 563 g/mol. The predicted molar refractivity (Wildman–Crippen MR) is 169 cm³/mol. The van der Waals surface area contributed by atoms with Crippen molar-refractivity contribution in [3.05, 3.63) is 124 Å². The summed E-state index contributed by atoms with van der Waals surface area (Å²) in [6.07, 6.45) is 3.02. The molecule has 1 aromatic heterocycles. The molecule has 1 aliphatic heterocycles. The average Bonchev–Trinajstić information content (AvgIpc) is 3.66. The van der Waals surface area contributed by atoms with Gasteiger partial charge < -0.3 is 14.1 Å². The lowest BCUT2D eigenvalue weighted by molar-refractivity contribution is -0.140. The number of halogens is 1. The number of carbonyl (C=O) groups is 2. The summed E-state index contributed by atoms with van der Waals surface area (Å²) in [4.78, 5) is 30.2. The van der Waals surface area contributed by atoms with Crippen LogP contribution >= 0.6 is 11.8 Å². The van der Waals surface area contributed by atoms with Crippen LogP contribution < -0.4 is 4.74 Å². The number of aromatic nitrogens is 1. The zero-order valence-corrected chi connectivity index (χ0v) is 24.6. The van der Waals surface area contributed by atoms with Crippen LogP contribution in [0.4, 0.5) is 4.39 Å². The third-order valence-electron chi connectivity index (χ3n) is 7.42.